The summed E-state index contributed by atoms with van der Waals surface area (Å²) in [6.07, 6.45) is 2.14. The van der Waals surface area contributed by atoms with Crippen LogP contribution in [0, 0.1) is 0 Å². The van der Waals surface area contributed by atoms with Crippen molar-refractivity contribution < 1.29 is 9.53 Å². The van der Waals surface area contributed by atoms with Crippen molar-refractivity contribution in [2.75, 3.05) is 13.2 Å². The van der Waals surface area contributed by atoms with E-state index in [9.17, 15) is 4.79 Å². The Morgan fingerprint density at radius 3 is 2.43 bits per heavy atom. The molecule has 1 atom stereocenters. The van der Waals surface area contributed by atoms with Crippen LogP contribution in [0.5, 0.6) is 5.75 Å². The van der Waals surface area contributed by atoms with Crippen LogP contribution >= 0.6 is 0 Å². The fourth-order valence-corrected chi connectivity index (χ4v) is 2.05. The molecule has 1 amide bonds. The van der Waals surface area contributed by atoms with Crippen molar-refractivity contribution in [2.24, 2.45) is 0 Å². The molecular weight excluding hydrogens is 264 g/mol. The lowest BCUT2D eigenvalue weighted by atomic mass is 10.1. The number of hydrogen-bond acceptors (Lipinski definition) is 3. The van der Waals surface area contributed by atoms with Gasteiger partial charge in [-0.1, -0.05) is 19.1 Å². The summed E-state index contributed by atoms with van der Waals surface area (Å²) in [5, 5.41) is 6.27. The zero-order valence-electron chi connectivity index (χ0n) is 13.6. The summed E-state index contributed by atoms with van der Waals surface area (Å²) >= 11 is 0. The smallest absolute Gasteiger partial charge is 0.258 e. The first-order valence-corrected chi connectivity index (χ1v) is 7.75. The van der Waals surface area contributed by atoms with Crippen LogP contribution in [-0.4, -0.2) is 31.1 Å². The second-order valence-electron chi connectivity index (χ2n) is 5.71. The van der Waals surface area contributed by atoms with Crippen LogP contribution in [0.25, 0.3) is 0 Å². The summed E-state index contributed by atoms with van der Waals surface area (Å²) in [4.78, 5) is 11.5. The Bertz CT molecular complexity index is 415. The summed E-state index contributed by atoms with van der Waals surface area (Å²) in [5.41, 5.74) is 1.27. The highest BCUT2D eigenvalue weighted by Crippen LogP contribution is 2.13. The molecule has 1 aromatic carbocycles. The number of carbonyl (C=O) groups is 1. The Balaban J connectivity index is 2.38. The summed E-state index contributed by atoms with van der Waals surface area (Å²) in [7, 11) is 0. The third kappa shape index (κ3) is 7.71. The van der Waals surface area contributed by atoms with E-state index in [-0.39, 0.29) is 18.6 Å². The van der Waals surface area contributed by atoms with Gasteiger partial charge >= 0.3 is 0 Å². The first kappa shape index (κ1) is 17.5. The van der Waals surface area contributed by atoms with Crippen molar-refractivity contribution in [1.29, 1.82) is 0 Å². The van der Waals surface area contributed by atoms with Crippen molar-refractivity contribution in [1.82, 2.24) is 10.6 Å². The van der Waals surface area contributed by atoms with E-state index < -0.39 is 0 Å². The lowest BCUT2D eigenvalue weighted by Gasteiger charge is -2.13. The van der Waals surface area contributed by atoms with Crippen molar-refractivity contribution in [3.63, 3.8) is 0 Å². The van der Waals surface area contributed by atoms with Gasteiger partial charge in [0.25, 0.3) is 5.91 Å². The summed E-state index contributed by atoms with van der Waals surface area (Å²) < 4.78 is 5.47. The summed E-state index contributed by atoms with van der Waals surface area (Å²) in [6.45, 7) is 9.33. The number of nitrogens with one attached hydrogen (secondary N) is 2. The molecule has 21 heavy (non-hydrogen) atoms. The molecule has 0 saturated carbocycles. The van der Waals surface area contributed by atoms with Crippen molar-refractivity contribution in [3.05, 3.63) is 29.8 Å². The van der Waals surface area contributed by atoms with E-state index in [1.807, 2.05) is 26.0 Å². The molecule has 0 heterocycles. The molecule has 0 fully saturated rings. The number of ether oxygens (including phenoxy) is 1. The molecule has 1 rings (SSSR count). The molecule has 0 spiro atoms. The molecule has 0 aliphatic heterocycles. The third-order valence-corrected chi connectivity index (χ3v) is 3.03. The van der Waals surface area contributed by atoms with Crippen molar-refractivity contribution in [2.45, 2.75) is 52.6 Å². The van der Waals surface area contributed by atoms with E-state index in [1.54, 1.807) is 0 Å². The van der Waals surface area contributed by atoms with Gasteiger partial charge in [-0.2, -0.15) is 0 Å². The molecule has 1 aromatic rings. The molecular formula is C17H28N2O2. The number of benzene rings is 1. The van der Waals surface area contributed by atoms with Gasteiger partial charge < -0.3 is 15.4 Å². The largest absolute Gasteiger partial charge is 0.484 e. The molecule has 0 radical (unpaired) electrons. The number of amides is 1. The van der Waals surface area contributed by atoms with Crippen LogP contribution < -0.4 is 15.4 Å². The minimum Gasteiger partial charge on any atom is -0.484 e. The predicted octanol–water partition coefficient (Wildman–Crippen LogP) is 2.52. The Hall–Kier alpha value is -1.55. The fraction of sp³-hybridized carbons (Fsp3) is 0.588. The second kappa shape index (κ2) is 9.40. The molecule has 0 saturated heterocycles. The zero-order valence-corrected chi connectivity index (χ0v) is 13.6. The van der Waals surface area contributed by atoms with Crippen molar-refractivity contribution in [3.8, 4) is 5.75 Å². The van der Waals surface area contributed by atoms with E-state index in [0.717, 1.165) is 25.1 Å². The van der Waals surface area contributed by atoms with Gasteiger partial charge in [-0.05, 0) is 57.9 Å². The first-order chi connectivity index (χ1) is 10.0. The minimum absolute atomic E-state index is 0.0615. The minimum atomic E-state index is -0.0912. The molecule has 118 valence electrons. The molecule has 0 bridgehead atoms. The van der Waals surface area contributed by atoms with E-state index in [2.05, 4.69) is 36.6 Å². The highest BCUT2D eigenvalue weighted by Gasteiger charge is 2.05. The fourth-order valence-electron chi connectivity index (χ4n) is 2.05. The van der Waals surface area contributed by atoms with Crippen LogP contribution in [-0.2, 0) is 11.2 Å². The molecule has 0 aromatic heterocycles. The van der Waals surface area contributed by atoms with Gasteiger partial charge in [0.15, 0.2) is 6.61 Å². The number of hydrogen-bond donors (Lipinski definition) is 2. The topological polar surface area (TPSA) is 50.4 Å². The Morgan fingerprint density at radius 1 is 1.19 bits per heavy atom. The lowest BCUT2D eigenvalue weighted by molar-refractivity contribution is -0.123. The Morgan fingerprint density at radius 2 is 1.86 bits per heavy atom. The molecule has 2 N–H and O–H groups in total. The maximum Gasteiger partial charge on any atom is 0.258 e. The predicted molar refractivity (Wildman–Crippen MR) is 86.7 cm³/mol. The van der Waals surface area contributed by atoms with Crippen LogP contribution in [0.3, 0.4) is 0 Å². The van der Waals surface area contributed by atoms with Gasteiger partial charge in [-0.15, -0.1) is 0 Å². The maximum absolute atomic E-state index is 11.5. The summed E-state index contributed by atoms with van der Waals surface area (Å²) in [6, 6.07) is 8.56. The van der Waals surface area contributed by atoms with E-state index in [4.69, 9.17) is 4.74 Å². The van der Waals surface area contributed by atoms with E-state index in [0.29, 0.717) is 6.04 Å². The monoisotopic (exact) mass is 292 g/mol. The number of rotatable bonds is 9. The molecule has 0 aliphatic rings. The third-order valence-electron chi connectivity index (χ3n) is 3.03. The Labute approximate surface area is 128 Å². The first-order valence-electron chi connectivity index (χ1n) is 7.75. The quantitative estimate of drug-likeness (QED) is 0.735. The average Bonchev–Trinajstić information content (AvgIpc) is 2.43. The highest BCUT2D eigenvalue weighted by molar-refractivity contribution is 5.77. The Kier molecular flexibility index (Phi) is 7.83. The lowest BCUT2D eigenvalue weighted by Crippen LogP contribution is -2.34. The van der Waals surface area contributed by atoms with Gasteiger partial charge in [-0.3, -0.25) is 4.79 Å². The summed E-state index contributed by atoms with van der Waals surface area (Å²) in [5.74, 6) is 0.637. The normalized spacial score (nSPS) is 12.2. The van der Waals surface area contributed by atoms with Crippen LogP contribution in [0.2, 0.25) is 0 Å². The highest BCUT2D eigenvalue weighted by atomic mass is 16.5. The van der Waals surface area contributed by atoms with Gasteiger partial charge in [0.2, 0.25) is 0 Å². The average molecular weight is 292 g/mol. The SMILES string of the molecule is CCCNC(C)Cc1ccc(OCC(=O)NC(C)C)cc1. The molecule has 4 heteroatoms. The van der Waals surface area contributed by atoms with E-state index in [1.165, 1.54) is 5.56 Å². The molecule has 1 unspecified atom stereocenters. The van der Waals surface area contributed by atoms with Crippen LogP contribution in [0.15, 0.2) is 24.3 Å². The molecule has 0 aliphatic carbocycles. The molecule has 4 nitrogen and oxygen atoms in total. The van der Waals surface area contributed by atoms with Gasteiger partial charge in [0, 0.05) is 12.1 Å². The van der Waals surface area contributed by atoms with Crippen LogP contribution in [0.1, 0.15) is 39.7 Å². The van der Waals surface area contributed by atoms with Crippen LogP contribution in [0.4, 0.5) is 0 Å². The standard InChI is InChI=1S/C17H28N2O2/c1-5-10-18-14(4)11-15-6-8-16(9-7-15)21-12-17(20)19-13(2)3/h6-9,13-14,18H,5,10-12H2,1-4H3,(H,19,20). The van der Waals surface area contributed by atoms with Gasteiger partial charge in [0.05, 0.1) is 0 Å². The van der Waals surface area contributed by atoms with Crippen molar-refractivity contribution >= 4 is 5.91 Å². The zero-order chi connectivity index (χ0) is 15.7. The van der Waals surface area contributed by atoms with Gasteiger partial charge in [-0.25, -0.2) is 0 Å². The second-order valence-corrected chi connectivity index (χ2v) is 5.71. The maximum atomic E-state index is 11.5. The van der Waals surface area contributed by atoms with E-state index >= 15 is 0 Å². The number of carbonyl (C=O) groups excluding carboxylic acids is 1. The van der Waals surface area contributed by atoms with Gasteiger partial charge in [0.1, 0.15) is 5.75 Å².